The molecule has 27 heavy (non-hydrogen) atoms. The van der Waals surface area contributed by atoms with Gasteiger partial charge in [-0.15, -0.1) is 0 Å². The van der Waals surface area contributed by atoms with E-state index in [4.69, 9.17) is 4.74 Å². The molecule has 2 aliphatic rings. The van der Waals surface area contributed by atoms with E-state index in [1.165, 1.54) is 18.4 Å². The minimum absolute atomic E-state index is 0.0780. The number of rotatable bonds is 8. The summed E-state index contributed by atoms with van der Waals surface area (Å²) < 4.78 is 7.04. The molecule has 1 aliphatic carbocycles. The number of likely N-dealkylation sites (tertiary alicyclic amines) is 1. The zero-order valence-electron chi connectivity index (χ0n) is 17.1. The van der Waals surface area contributed by atoms with Crippen molar-refractivity contribution in [1.29, 1.82) is 0 Å². The molecule has 0 bridgehead atoms. The monoisotopic (exact) mass is 374 g/mol. The number of ether oxygens (including phenoxy) is 1. The van der Waals surface area contributed by atoms with Gasteiger partial charge in [0.05, 0.1) is 18.8 Å². The molecule has 0 unspecified atom stereocenters. The van der Waals surface area contributed by atoms with Gasteiger partial charge in [0.25, 0.3) is 0 Å². The summed E-state index contributed by atoms with van der Waals surface area (Å²) in [5, 5.41) is 8.01. The van der Waals surface area contributed by atoms with Crippen molar-refractivity contribution in [3.05, 3.63) is 29.6 Å². The molecule has 0 spiro atoms. The maximum absolute atomic E-state index is 12.7. The van der Waals surface area contributed by atoms with Gasteiger partial charge < -0.3 is 15.0 Å². The van der Waals surface area contributed by atoms with E-state index in [0.717, 1.165) is 24.6 Å². The Morgan fingerprint density at radius 1 is 1.37 bits per heavy atom. The van der Waals surface area contributed by atoms with Crippen LogP contribution in [0, 0.1) is 17.8 Å². The Kier molecular flexibility index (Phi) is 6.71. The van der Waals surface area contributed by atoms with Crippen LogP contribution in [0.1, 0.15) is 44.7 Å². The standard InChI is InChI=1S/C21H34N4O2/c1-15-6-5-7-16(2)19(15)13-22-11-17-10-20(26)25(8-9-27-4)21(17)18-12-23-24(3)14-18/h6,12,14,16-17,19,21-22H,5,7-11,13H2,1-4H3/t16-,17+,19-,21-/m1/s1. The Morgan fingerprint density at radius 3 is 2.85 bits per heavy atom. The molecule has 6 nitrogen and oxygen atoms in total. The van der Waals surface area contributed by atoms with Crippen LogP contribution in [-0.2, 0) is 16.6 Å². The molecule has 6 heteroatoms. The minimum Gasteiger partial charge on any atom is -0.383 e. The number of methoxy groups -OCH3 is 1. The van der Waals surface area contributed by atoms with E-state index in [2.05, 4.69) is 30.3 Å². The number of hydrogen-bond acceptors (Lipinski definition) is 4. The zero-order valence-corrected chi connectivity index (χ0v) is 17.1. The maximum Gasteiger partial charge on any atom is 0.223 e. The second-order valence-electron chi connectivity index (χ2n) is 8.20. The highest BCUT2D eigenvalue weighted by Gasteiger charge is 2.40. The lowest BCUT2D eigenvalue weighted by Gasteiger charge is -2.31. The van der Waals surface area contributed by atoms with Gasteiger partial charge in [0.2, 0.25) is 5.91 Å². The summed E-state index contributed by atoms with van der Waals surface area (Å²) >= 11 is 0. The van der Waals surface area contributed by atoms with Gasteiger partial charge >= 0.3 is 0 Å². The van der Waals surface area contributed by atoms with Gasteiger partial charge in [-0.2, -0.15) is 5.10 Å². The van der Waals surface area contributed by atoms with Crippen molar-refractivity contribution >= 4 is 5.91 Å². The molecule has 2 heterocycles. The molecule has 0 radical (unpaired) electrons. The minimum atomic E-state index is 0.0780. The van der Waals surface area contributed by atoms with E-state index in [1.807, 2.05) is 29.0 Å². The van der Waals surface area contributed by atoms with Crippen molar-refractivity contribution in [2.24, 2.45) is 24.8 Å². The van der Waals surface area contributed by atoms with Crippen molar-refractivity contribution in [1.82, 2.24) is 20.0 Å². The highest BCUT2D eigenvalue weighted by molar-refractivity contribution is 5.79. The molecule has 1 amide bonds. The fourth-order valence-electron chi connectivity index (χ4n) is 4.71. The second-order valence-corrected chi connectivity index (χ2v) is 8.20. The van der Waals surface area contributed by atoms with E-state index < -0.39 is 0 Å². The Hall–Kier alpha value is -1.66. The Balaban J connectivity index is 1.66. The molecule has 3 rings (SSSR count). The average Bonchev–Trinajstić information content (AvgIpc) is 3.18. The predicted molar refractivity (Wildman–Crippen MR) is 106 cm³/mol. The smallest absolute Gasteiger partial charge is 0.223 e. The predicted octanol–water partition coefficient (Wildman–Crippen LogP) is 2.54. The average molecular weight is 375 g/mol. The van der Waals surface area contributed by atoms with Gasteiger partial charge in [-0.05, 0) is 31.6 Å². The number of nitrogens with zero attached hydrogens (tertiary/aromatic N) is 3. The highest BCUT2D eigenvalue weighted by atomic mass is 16.5. The highest BCUT2D eigenvalue weighted by Crippen LogP contribution is 2.37. The van der Waals surface area contributed by atoms with Gasteiger partial charge in [0.1, 0.15) is 0 Å². The molecular weight excluding hydrogens is 340 g/mol. The van der Waals surface area contributed by atoms with Crippen molar-refractivity contribution in [3.63, 3.8) is 0 Å². The van der Waals surface area contributed by atoms with Gasteiger partial charge in [-0.1, -0.05) is 18.6 Å². The third-order valence-electron chi connectivity index (χ3n) is 6.27. The van der Waals surface area contributed by atoms with E-state index in [0.29, 0.717) is 25.5 Å². The van der Waals surface area contributed by atoms with Crippen molar-refractivity contribution in [2.75, 3.05) is 33.4 Å². The lowest BCUT2D eigenvalue weighted by Crippen LogP contribution is -2.36. The molecule has 0 aromatic carbocycles. The van der Waals surface area contributed by atoms with Crippen LogP contribution in [0.15, 0.2) is 24.0 Å². The van der Waals surface area contributed by atoms with Gasteiger partial charge in [-0.25, -0.2) is 0 Å². The zero-order chi connectivity index (χ0) is 19.4. The summed E-state index contributed by atoms with van der Waals surface area (Å²) in [7, 11) is 3.60. The summed E-state index contributed by atoms with van der Waals surface area (Å²) in [5.41, 5.74) is 2.63. The van der Waals surface area contributed by atoms with E-state index in [1.54, 1.807) is 7.11 Å². The normalized spacial score (nSPS) is 28.7. The first-order valence-electron chi connectivity index (χ1n) is 10.2. The molecule has 150 valence electrons. The summed E-state index contributed by atoms with van der Waals surface area (Å²) in [6.07, 6.45) is 9.38. The second kappa shape index (κ2) is 9.02. The Morgan fingerprint density at radius 2 is 2.19 bits per heavy atom. The molecule has 1 fully saturated rings. The van der Waals surface area contributed by atoms with Crippen LogP contribution in [0.2, 0.25) is 0 Å². The van der Waals surface area contributed by atoms with Crippen LogP contribution in [-0.4, -0.2) is 53.9 Å². The third kappa shape index (κ3) is 4.61. The molecule has 1 aromatic rings. The first-order chi connectivity index (χ1) is 13.0. The van der Waals surface area contributed by atoms with E-state index >= 15 is 0 Å². The van der Waals surface area contributed by atoms with Gasteiger partial charge in [0.15, 0.2) is 0 Å². The molecule has 4 atom stereocenters. The van der Waals surface area contributed by atoms with Crippen LogP contribution in [0.4, 0.5) is 0 Å². The van der Waals surface area contributed by atoms with Crippen molar-refractivity contribution in [2.45, 2.75) is 39.2 Å². The van der Waals surface area contributed by atoms with Crippen LogP contribution in [0.5, 0.6) is 0 Å². The number of aryl methyl sites for hydroxylation is 1. The van der Waals surface area contributed by atoms with Crippen molar-refractivity contribution < 1.29 is 9.53 Å². The fraction of sp³-hybridized carbons (Fsp3) is 0.714. The summed E-state index contributed by atoms with van der Waals surface area (Å²) in [6, 6.07) is 0.0780. The number of carbonyl (C=O) groups excluding carboxylic acids is 1. The Bertz CT molecular complexity index is 669. The van der Waals surface area contributed by atoms with Crippen LogP contribution < -0.4 is 5.32 Å². The number of allylic oxidation sites excluding steroid dienone is 1. The summed E-state index contributed by atoms with van der Waals surface area (Å²) in [5.74, 6) is 1.81. The molecule has 1 aromatic heterocycles. The fourth-order valence-corrected chi connectivity index (χ4v) is 4.71. The molecule has 1 saturated heterocycles. The molecular formula is C21H34N4O2. The number of nitrogens with one attached hydrogen (secondary N) is 1. The van der Waals surface area contributed by atoms with Crippen LogP contribution in [0.3, 0.4) is 0 Å². The number of aromatic nitrogens is 2. The number of carbonyl (C=O) groups is 1. The van der Waals surface area contributed by atoms with Crippen molar-refractivity contribution in [3.8, 4) is 0 Å². The summed E-state index contributed by atoms with van der Waals surface area (Å²) in [4.78, 5) is 14.6. The quantitative estimate of drug-likeness (QED) is 0.711. The molecule has 0 saturated carbocycles. The Labute approximate surface area is 162 Å². The maximum atomic E-state index is 12.7. The topological polar surface area (TPSA) is 59.4 Å². The van der Waals surface area contributed by atoms with Gasteiger partial charge in [-0.3, -0.25) is 9.48 Å². The lowest BCUT2D eigenvalue weighted by molar-refractivity contribution is -0.129. The van der Waals surface area contributed by atoms with E-state index in [9.17, 15) is 4.79 Å². The molecule has 1 N–H and O–H groups in total. The number of hydrogen-bond donors (Lipinski definition) is 1. The summed E-state index contributed by atoms with van der Waals surface area (Å²) in [6.45, 7) is 7.65. The third-order valence-corrected chi connectivity index (χ3v) is 6.27. The first kappa shape index (κ1) is 20.1. The lowest BCUT2D eigenvalue weighted by atomic mass is 9.80. The molecule has 1 aliphatic heterocycles. The van der Waals surface area contributed by atoms with Crippen LogP contribution in [0.25, 0.3) is 0 Å². The largest absolute Gasteiger partial charge is 0.383 e. The van der Waals surface area contributed by atoms with Gasteiger partial charge in [0, 0.05) is 57.9 Å². The van der Waals surface area contributed by atoms with Crippen LogP contribution >= 0.6 is 0 Å². The number of amides is 1. The first-order valence-corrected chi connectivity index (χ1v) is 10.2. The SMILES string of the molecule is COCCN1C(=O)C[C@@H](CNC[C@@H]2C(C)=CCC[C@H]2C)[C@@H]1c1cnn(C)c1. The van der Waals surface area contributed by atoms with E-state index in [-0.39, 0.29) is 17.9 Å².